The smallest absolute Gasteiger partial charge is 0.0650 e. The lowest BCUT2D eigenvalue weighted by molar-refractivity contribution is 0.678. The zero-order chi connectivity index (χ0) is 20.2. The van der Waals surface area contributed by atoms with E-state index >= 15 is 0 Å². The Balaban J connectivity index is 1.58. The zero-order valence-electron chi connectivity index (χ0n) is 16.8. The summed E-state index contributed by atoms with van der Waals surface area (Å²) in [6, 6.07) is 36.9. The molecule has 0 saturated carbocycles. The second-order valence-corrected chi connectivity index (χ2v) is 7.55. The molecule has 0 fully saturated rings. The monoisotopic (exact) mass is 388 g/mol. The van der Waals surface area contributed by atoms with Crippen molar-refractivity contribution in [2.24, 2.45) is 0 Å². The van der Waals surface area contributed by atoms with Crippen molar-refractivity contribution < 1.29 is 0 Å². The molecule has 0 unspecified atom stereocenters. The number of rotatable bonds is 4. The molecule has 4 aromatic carbocycles. The molecular weight excluding hydrogens is 364 g/mol. The lowest BCUT2D eigenvalue weighted by atomic mass is 9.90. The number of benzene rings is 4. The van der Waals surface area contributed by atoms with Gasteiger partial charge in [-0.1, -0.05) is 97.1 Å². The number of hydrogen-bond acceptors (Lipinski definition) is 2. The van der Waals surface area contributed by atoms with Gasteiger partial charge in [-0.15, -0.1) is 0 Å². The second kappa shape index (κ2) is 8.40. The van der Waals surface area contributed by atoms with Crippen molar-refractivity contribution in [3.05, 3.63) is 115 Å². The van der Waals surface area contributed by atoms with Crippen molar-refractivity contribution >= 4 is 5.57 Å². The maximum absolute atomic E-state index is 3.38. The summed E-state index contributed by atoms with van der Waals surface area (Å²) in [5.74, 6) is 0. The van der Waals surface area contributed by atoms with E-state index in [-0.39, 0.29) is 0 Å². The van der Waals surface area contributed by atoms with Gasteiger partial charge in [0.05, 0.1) is 6.67 Å². The summed E-state index contributed by atoms with van der Waals surface area (Å²) in [5, 5.41) is 6.67. The Bertz CT molecular complexity index is 1160. The number of nitrogens with one attached hydrogen (secondary N) is 2. The molecule has 1 aliphatic rings. The lowest BCUT2D eigenvalue weighted by Gasteiger charge is -2.18. The van der Waals surface area contributed by atoms with Crippen LogP contribution in [0.15, 0.2) is 109 Å². The SMILES string of the molecule is C1=C(c2ccc(-c3ccc(-c4ccccc4)cc3)c(-c3ccccc3)c2)CNCN1. The predicted molar refractivity (Wildman–Crippen MR) is 127 cm³/mol. The average molecular weight is 389 g/mol. The molecule has 4 aromatic rings. The van der Waals surface area contributed by atoms with Gasteiger partial charge in [-0.3, -0.25) is 5.32 Å². The fourth-order valence-electron chi connectivity index (χ4n) is 4.01. The Morgan fingerprint density at radius 3 is 1.73 bits per heavy atom. The van der Waals surface area contributed by atoms with Crippen LogP contribution in [0.25, 0.3) is 39.0 Å². The van der Waals surface area contributed by atoms with Gasteiger partial charge in [0.15, 0.2) is 0 Å². The first kappa shape index (κ1) is 18.4. The van der Waals surface area contributed by atoms with Gasteiger partial charge in [-0.05, 0) is 50.6 Å². The Hall–Kier alpha value is -3.62. The topological polar surface area (TPSA) is 24.1 Å². The molecular formula is C28H24N2. The van der Waals surface area contributed by atoms with Gasteiger partial charge in [0, 0.05) is 12.7 Å². The van der Waals surface area contributed by atoms with Gasteiger partial charge < -0.3 is 5.32 Å². The van der Waals surface area contributed by atoms with E-state index < -0.39 is 0 Å². The Kier molecular flexibility index (Phi) is 5.15. The minimum absolute atomic E-state index is 0.820. The molecule has 0 atom stereocenters. The first-order valence-corrected chi connectivity index (χ1v) is 10.4. The molecule has 2 nitrogen and oxygen atoms in total. The summed E-state index contributed by atoms with van der Waals surface area (Å²) in [6.45, 7) is 1.70. The van der Waals surface area contributed by atoms with Gasteiger partial charge >= 0.3 is 0 Å². The van der Waals surface area contributed by atoms with E-state index in [0.717, 1.165) is 13.2 Å². The van der Waals surface area contributed by atoms with Crippen molar-refractivity contribution in [2.75, 3.05) is 13.2 Å². The molecule has 1 heterocycles. The van der Waals surface area contributed by atoms with Crippen LogP contribution in [-0.4, -0.2) is 13.2 Å². The molecule has 5 rings (SSSR count). The molecule has 146 valence electrons. The van der Waals surface area contributed by atoms with Crippen molar-refractivity contribution in [3.8, 4) is 33.4 Å². The molecule has 0 saturated heterocycles. The van der Waals surface area contributed by atoms with Crippen LogP contribution in [-0.2, 0) is 0 Å². The van der Waals surface area contributed by atoms with Gasteiger partial charge in [-0.25, -0.2) is 0 Å². The largest absolute Gasteiger partial charge is 0.378 e. The zero-order valence-corrected chi connectivity index (χ0v) is 16.8. The van der Waals surface area contributed by atoms with E-state index in [9.17, 15) is 0 Å². The Morgan fingerprint density at radius 2 is 1.07 bits per heavy atom. The molecule has 0 aromatic heterocycles. The van der Waals surface area contributed by atoms with E-state index in [1.807, 2.05) is 0 Å². The highest BCUT2D eigenvalue weighted by Crippen LogP contribution is 2.35. The highest BCUT2D eigenvalue weighted by atomic mass is 15.1. The highest BCUT2D eigenvalue weighted by molar-refractivity contribution is 5.87. The van der Waals surface area contributed by atoms with Crippen molar-refractivity contribution in [1.29, 1.82) is 0 Å². The Labute approximate surface area is 177 Å². The Morgan fingerprint density at radius 1 is 0.500 bits per heavy atom. The van der Waals surface area contributed by atoms with E-state index in [4.69, 9.17) is 0 Å². The third-order valence-electron chi connectivity index (χ3n) is 5.60. The van der Waals surface area contributed by atoms with Gasteiger partial charge in [0.1, 0.15) is 0 Å². The molecule has 0 amide bonds. The molecule has 0 radical (unpaired) electrons. The van der Waals surface area contributed by atoms with Crippen LogP contribution in [0.4, 0.5) is 0 Å². The first-order chi connectivity index (χ1) is 14.9. The first-order valence-electron chi connectivity index (χ1n) is 10.4. The predicted octanol–water partition coefficient (Wildman–Crippen LogP) is 6.18. The average Bonchev–Trinajstić information content (AvgIpc) is 2.85. The third kappa shape index (κ3) is 3.78. The summed E-state index contributed by atoms with van der Waals surface area (Å²) in [7, 11) is 0. The summed E-state index contributed by atoms with van der Waals surface area (Å²) in [4.78, 5) is 0. The van der Waals surface area contributed by atoms with Crippen LogP contribution in [0, 0.1) is 0 Å². The molecule has 0 spiro atoms. The van der Waals surface area contributed by atoms with Gasteiger partial charge in [-0.2, -0.15) is 0 Å². The van der Waals surface area contributed by atoms with Crippen molar-refractivity contribution in [1.82, 2.24) is 10.6 Å². The van der Waals surface area contributed by atoms with Crippen LogP contribution in [0.1, 0.15) is 5.56 Å². The summed E-state index contributed by atoms with van der Waals surface area (Å²) in [6.07, 6.45) is 2.12. The lowest BCUT2D eigenvalue weighted by Crippen LogP contribution is -2.31. The van der Waals surface area contributed by atoms with Gasteiger partial charge in [0.2, 0.25) is 0 Å². The minimum Gasteiger partial charge on any atom is -0.378 e. The fraction of sp³-hybridized carbons (Fsp3) is 0.0714. The van der Waals surface area contributed by atoms with Crippen LogP contribution < -0.4 is 10.6 Å². The molecule has 0 aliphatic carbocycles. The molecule has 30 heavy (non-hydrogen) atoms. The van der Waals surface area contributed by atoms with Crippen molar-refractivity contribution in [2.45, 2.75) is 0 Å². The van der Waals surface area contributed by atoms with E-state index in [0.29, 0.717) is 0 Å². The maximum Gasteiger partial charge on any atom is 0.0650 e. The van der Waals surface area contributed by atoms with E-state index in [1.165, 1.54) is 44.5 Å². The summed E-state index contributed by atoms with van der Waals surface area (Å²) in [5.41, 5.74) is 9.98. The van der Waals surface area contributed by atoms with Crippen molar-refractivity contribution in [3.63, 3.8) is 0 Å². The molecule has 1 aliphatic heterocycles. The fourth-order valence-corrected chi connectivity index (χ4v) is 4.01. The second-order valence-electron chi connectivity index (χ2n) is 7.55. The standard InChI is InChI=1S/C28H24N2/c1-3-7-21(8-4-1)22-11-13-24(14-12-22)27-16-15-25(26-18-29-20-30-19-26)17-28(27)23-9-5-2-6-10-23/h1-18,29-30H,19-20H2. The maximum atomic E-state index is 3.38. The van der Waals surface area contributed by atoms with Crippen LogP contribution in [0.2, 0.25) is 0 Å². The highest BCUT2D eigenvalue weighted by Gasteiger charge is 2.12. The summed E-state index contributed by atoms with van der Waals surface area (Å²) >= 11 is 0. The van der Waals surface area contributed by atoms with Gasteiger partial charge in [0.25, 0.3) is 0 Å². The van der Waals surface area contributed by atoms with E-state index in [1.54, 1.807) is 0 Å². The van der Waals surface area contributed by atoms with Crippen LogP contribution in [0.3, 0.4) is 0 Å². The minimum atomic E-state index is 0.820. The summed E-state index contributed by atoms with van der Waals surface area (Å²) < 4.78 is 0. The molecule has 0 bridgehead atoms. The third-order valence-corrected chi connectivity index (χ3v) is 5.60. The molecule has 2 N–H and O–H groups in total. The van der Waals surface area contributed by atoms with Crippen LogP contribution >= 0.6 is 0 Å². The van der Waals surface area contributed by atoms with E-state index in [2.05, 4.69) is 120 Å². The number of hydrogen-bond donors (Lipinski definition) is 2. The normalized spacial score (nSPS) is 13.4. The quantitative estimate of drug-likeness (QED) is 0.436. The van der Waals surface area contributed by atoms with Crippen LogP contribution in [0.5, 0.6) is 0 Å². The molecule has 2 heteroatoms.